The van der Waals surface area contributed by atoms with Gasteiger partial charge in [-0.25, -0.2) is 13.1 Å². The molecule has 0 aromatic carbocycles. The van der Waals surface area contributed by atoms with Crippen LogP contribution in [0, 0.1) is 0 Å². The first kappa shape index (κ1) is 15.9. The molecular weight excluding hydrogens is 314 g/mol. The number of rotatable bonds is 8. The number of likely N-dealkylation sites (N-methyl/N-ethyl adjacent to an activating group) is 1. The van der Waals surface area contributed by atoms with Gasteiger partial charge in [-0.2, -0.15) is 5.10 Å². The third-order valence-corrected chi connectivity index (χ3v) is 4.79. The third kappa shape index (κ3) is 4.49. The van der Waals surface area contributed by atoms with E-state index in [-0.39, 0.29) is 16.3 Å². The summed E-state index contributed by atoms with van der Waals surface area (Å²) in [7, 11) is -3.63. The zero-order valence-electron chi connectivity index (χ0n) is 11.5. The highest BCUT2D eigenvalue weighted by atomic mass is 32.2. The van der Waals surface area contributed by atoms with Crippen LogP contribution in [-0.2, 0) is 23.1 Å². The molecule has 21 heavy (non-hydrogen) atoms. The van der Waals surface area contributed by atoms with Gasteiger partial charge in [0.1, 0.15) is 4.90 Å². The highest BCUT2D eigenvalue weighted by Crippen LogP contribution is 2.07. The Balaban J connectivity index is 1.97. The van der Waals surface area contributed by atoms with E-state index in [1.54, 1.807) is 10.1 Å². The van der Waals surface area contributed by atoms with Crippen LogP contribution in [0.25, 0.3) is 0 Å². The summed E-state index contributed by atoms with van der Waals surface area (Å²) in [6.45, 7) is 4.22. The molecule has 2 aromatic heterocycles. The molecule has 0 aliphatic rings. The highest BCUT2D eigenvalue weighted by Gasteiger charge is 2.16. The van der Waals surface area contributed by atoms with Crippen molar-refractivity contribution in [2.45, 2.75) is 24.9 Å². The van der Waals surface area contributed by atoms with E-state index >= 15 is 0 Å². The van der Waals surface area contributed by atoms with Crippen molar-refractivity contribution >= 4 is 21.4 Å². The van der Waals surface area contributed by atoms with Gasteiger partial charge in [-0.3, -0.25) is 9.48 Å². The minimum Gasteiger partial charge on any atom is -0.315 e. The lowest BCUT2D eigenvalue weighted by Gasteiger charge is -2.03. The predicted octanol–water partition coefficient (Wildman–Crippen LogP) is -0.279. The van der Waals surface area contributed by atoms with Gasteiger partial charge >= 0.3 is 4.87 Å². The number of nitrogens with zero attached hydrogens (tertiary/aromatic N) is 2. The Hall–Kier alpha value is -1.49. The Morgan fingerprint density at radius 2 is 2.29 bits per heavy atom. The van der Waals surface area contributed by atoms with Crippen molar-refractivity contribution in [1.29, 1.82) is 0 Å². The Morgan fingerprint density at radius 1 is 1.48 bits per heavy atom. The largest absolute Gasteiger partial charge is 0.315 e. The van der Waals surface area contributed by atoms with Crippen LogP contribution in [0.4, 0.5) is 0 Å². The molecule has 0 bridgehead atoms. The maximum absolute atomic E-state index is 12.1. The van der Waals surface area contributed by atoms with Crippen LogP contribution in [0.15, 0.2) is 27.5 Å². The van der Waals surface area contributed by atoms with Crippen LogP contribution in [0.3, 0.4) is 0 Å². The fraction of sp³-hybridized carbons (Fsp3) is 0.455. The molecule has 3 N–H and O–H groups in total. The van der Waals surface area contributed by atoms with Crippen molar-refractivity contribution in [2.24, 2.45) is 0 Å². The van der Waals surface area contributed by atoms with Crippen LogP contribution in [0.2, 0.25) is 0 Å². The van der Waals surface area contributed by atoms with Crippen LogP contribution in [0.5, 0.6) is 0 Å². The third-order valence-electron chi connectivity index (χ3n) is 2.71. The first-order chi connectivity index (χ1) is 10.0. The van der Waals surface area contributed by atoms with E-state index in [1.807, 2.05) is 6.92 Å². The smallest absolute Gasteiger partial charge is 0.304 e. The van der Waals surface area contributed by atoms with Crippen LogP contribution in [0.1, 0.15) is 12.6 Å². The van der Waals surface area contributed by atoms with E-state index < -0.39 is 10.0 Å². The average molecular weight is 331 g/mol. The maximum Gasteiger partial charge on any atom is 0.304 e. The van der Waals surface area contributed by atoms with Gasteiger partial charge in [0.15, 0.2) is 0 Å². The molecule has 8 nitrogen and oxygen atoms in total. The summed E-state index contributed by atoms with van der Waals surface area (Å²) in [5.74, 6) is 0. The summed E-state index contributed by atoms with van der Waals surface area (Å²) in [5.41, 5.74) is 0.535. The molecule has 0 saturated heterocycles. The molecule has 0 unspecified atom stereocenters. The summed E-state index contributed by atoms with van der Waals surface area (Å²) >= 11 is 0.997. The zero-order valence-corrected chi connectivity index (χ0v) is 13.1. The molecular formula is C11H17N5O3S2. The molecule has 0 radical (unpaired) electrons. The van der Waals surface area contributed by atoms with Crippen molar-refractivity contribution < 1.29 is 8.42 Å². The fourth-order valence-electron chi connectivity index (χ4n) is 1.63. The fourth-order valence-corrected chi connectivity index (χ4v) is 3.17. The Labute approximate surface area is 126 Å². The molecule has 10 heteroatoms. The summed E-state index contributed by atoms with van der Waals surface area (Å²) < 4.78 is 28.2. The van der Waals surface area contributed by atoms with Crippen molar-refractivity contribution in [3.05, 3.63) is 33.1 Å². The van der Waals surface area contributed by atoms with Crippen molar-refractivity contribution in [1.82, 2.24) is 24.8 Å². The van der Waals surface area contributed by atoms with Gasteiger partial charge in [-0.1, -0.05) is 18.3 Å². The van der Waals surface area contributed by atoms with Crippen LogP contribution >= 0.6 is 11.3 Å². The second-order valence-corrected chi connectivity index (χ2v) is 6.90. The number of hydrogen-bond donors (Lipinski definition) is 3. The standard InChI is InChI=1S/C11H17N5O3S2/c1-2-12-3-4-16-7-10(6-13-16)21(18,19)14-5-9-8-20-11(17)15-9/h6-8,12,14H,2-5H2,1H3,(H,15,17). The SMILES string of the molecule is CCNCCn1cc(S(=O)(=O)NCc2csc(=O)[nH]2)cn1. The zero-order chi connectivity index (χ0) is 15.3. The first-order valence-corrected chi connectivity index (χ1v) is 8.77. The van der Waals surface area contributed by atoms with E-state index in [0.29, 0.717) is 12.2 Å². The lowest BCUT2D eigenvalue weighted by molar-refractivity contribution is 0.562. The Morgan fingerprint density at radius 3 is 2.95 bits per heavy atom. The normalized spacial score (nSPS) is 11.9. The number of nitrogens with one attached hydrogen (secondary N) is 3. The van der Waals surface area contributed by atoms with Gasteiger partial charge < -0.3 is 10.3 Å². The van der Waals surface area contributed by atoms with E-state index in [9.17, 15) is 13.2 Å². The molecule has 0 aliphatic heterocycles. The second kappa shape index (κ2) is 6.98. The molecule has 116 valence electrons. The molecule has 2 rings (SSSR count). The van der Waals surface area contributed by atoms with Crippen LogP contribution in [-0.4, -0.2) is 36.3 Å². The number of H-pyrrole nitrogens is 1. The van der Waals surface area contributed by atoms with Gasteiger partial charge in [0.05, 0.1) is 19.3 Å². The van der Waals surface area contributed by atoms with E-state index in [4.69, 9.17) is 0 Å². The average Bonchev–Trinajstić information content (AvgIpc) is 3.06. The minimum absolute atomic E-state index is 0.0453. The minimum atomic E-state index is -3.63. The van der Waals surface area contributed by atoms with Gasteiger partial charge in [0, 0.05) is 23.8 Å². The molecule has 0 spiro atoms. The second-order valence-electron chi connectivity index (χ2n) is 4.29. The summed E-state index contributed by atoms with van der Waals surface area (Å²) in [6, 6.07) is 0. The van der Waals surface area contributed by atoms with Gasteiger partial charge in [0.25, 0.3) is 0 Å². The van der Waals surface area contributed by atoms with Crippen molar-refractivity contribution in [2.75, 3.05) is 13.1 Å². The van der Waals surface area contributed by atoms with E-state index in [0.717, 1.165) is 24.4 Å². The van der Waals surface area contributed by atoms with E-state index in [2.05, 4.69) is 20.1 Å². The number of sulfonamides is 1. The Kier molecular flexibility index (Phi) is 5.28. The molecule has 0 aliphatic carbocycles. The number of aromatic amines is 1. The molecule has 2 aromatic rings. The maximum atomic E-state index is 12.1. The topological polar surface area (TPSA) is 109 Å². The summed E-state index contributed by atoms with van der Waals surface area (Å²) in [4.78, 5) is 13.4. The number of thiazole rings is 1. The molecule has 0 saturated carbocycles. The monoisotopic (exact) mass is 331 g/mol. The van der Waals surface area contributed by atoms with Crippen LogP contribution < -0.4 is 14.9 Å². The number of aromatic nitrogens is 3. The molecule has 0 atom stereocenters. The predicted molar refractivity (Wildman–Crippen MR) is 79.7 cm³/mol. The molecule has 0 amide bonds. The quantitative estimate of drug-likeness (QED) is 0.577. The van der Waals surface area contributed by atoms with E-state index in [1.165, 1.54) is 12.4 Å². The lowest BCUT2D eigenvalue weighted by Crippen LogP contribution is -2.23. The van der Waals surface area contributed by atoms with Crippen molar-refractivity contribution in [3.8, 4) is 0 Å². The lowest BCUT2D eigenvalue weighted by atomic mass is 10.5. The highest BCUT2D eigenvalue weighted by molar-refractivity contribution is 7.89. The summed E-state index contributed by atoms with van der Waals surface area (Å²) in [6.07, 6.45) is 2.79. The molecule has 0 fully saturated rings. The van der Waals surface area contributed by atoms with Gasteiger partial charge in [-0.15, -0.1) is 0 Å². The van der Waals surface area contributed by atoms with Crippen molar-refractivity contribution in [3.63, 3.8) is 0 Å². The number of hydrogen-bond acceptors (Lipinski definition) is 6. The molecule has 2 heterocycles. The first-order valence-electron chi connectivity index (χ1n) is 6.41. The Bertz CT molecular complexity index is 731. The summed E-state index contributed by atoms with van der Waals surface area (Å²) in [5, 5.41) is 8.74. The van der Waals surface area contributed by atoms with Gasteiger partial charge in [0.2, 0.25) is 10.0 Å². The van der Waals surface area contributed by atoms with Gasteiger partial charge in [-0.05, 0) is 6.54 Å².